The Bertz CT molecular complexity index is 957. The van der Waals surface area contributed by atoms with Gasteiger partial charge in [-0.2, -0.15) is 11.8 Å². The molecule has 3 aliphatic rings. The fourth-order valence-electron chi connectivity index (χ4n) is 4.75. The number of carbonyl (C=O) groups is 3. The number of aromatic nitrogens is 1. The minimum Gasteiger partial charge on any atom is -0.466 e. The number of carbonyl (C=O) groups excluding carboxylic acids is 3. The van der Waals surface area contributed by atoms with Crippen molar-refractivity contribution < 1.29 is 23.6 Å². The summed E-state index contributed by atoms with van der Waals surface area (Å²) in [6.07, 6.45) is 15.3. The number of hydrogen-bond acceptors (Lipinski definition) is 7. The van der Waals surface area contributed by atoms with Gasteiger partial charge in [-0.25, -0.2) is 4.79 Å². The van der Waals surface area contributed by atoms with Crippen LogP contribution in [0.1, 0.15) is 86.9 Å². The molecule has 2 fully saturated rings. The van der Waals surface area contributed by atoms with Gasteiger partial charge in [-0.1, -0.05) is 49.1 Å². The first-order valence-corrected chi connectivity index (χ1v) is 13.9. The smallest absolute Gasteiger partial charge is 0.315 e. The van der Waals surface area contributed by atoms with Crippen molar-refractivity contribution in [1.82, 2.24) is 15.8 Å². The molecule has 1 aliphatic carbocycles. The van der Waals surface area contributed by atoms with Gasteiger partial charge in [0, 0.05) is 35.5 Å². The van der Waals surface area contributed by atoms with E-state index in [4.69, 9.17) is 9.26 Å². The summed E-state index contributed by atoms with van der Waals surface area (Å²) in [5.74, 6) is 1.51. The molecule has 3 atom stereocenters. The van der Waals surface area contributed by atoms with Crippen LogP contribution in [0.15, 0.2) is 28.8 Å². The molecule has 2 N–H and O–H groups in total. The number of nitrogens with one attached hydrogen (secondary N) is 2. The number of amides is 2. The van der Waals surface area contributed by atoms with Crippen molar-refractivity contribution in [1.29, 1.82) is 0 Å². The maximum atomic E-state index is 12.3. The van der Waals surface area contributed by atoms with Gasteiger partial charge in [0.25, 0.3) is 0 Å². The molecule has 35 heavy (non-hydrogen) atoms. The van der Waals surface area contributed by atoms with Gasteiger partial charge in [0.1, 0.15) is 5.69 Å². The van der Waals surface area contributed by atoms with Gasteiger partial charge >= 0.3 is 12.0 Å². The van der Waals surface area contributed by atoms with E-state index in [1.165, 1.54) is 0 Å². The van der Waals surface area contributed by atoms with Crippen LogP contribution in [-0.4, -0.2) is 52.6 Å². The SMILES string of the molecule is O=C1NC2CSC(CCCCC(=O)OCCCCCCCC(=O)c3cc(C4=CCC=C4)on3)C2N1. The number of urea groups is 1. The van der Waals surface area contributed by atoms with Crippen LogP contribution in [0.2, 0.25) is 0 Å². The zero-order valence-corrected chi connectivity index (χ0v) is 20.9. The zero-order chi connectivity index (χ0) is 24.5. The van der Waals surface area contributed by atoms with E-state index >= 15 is 0 Å². The predicted octanol–water partition coefficient (Wildman–Crippen LogP) is 4.81. The summed E-state index contributed by atoms with van der Waals surface area (Å²) in [5.41, 5.74) is 1.39. The zero-order valence-electron chi connectivity index (χ0n) is 20.1. The monoisotopic (exact) mass is 501 g/mol. The third kappa shape index (κ3) is 7.46. The molecule has 2 aliphatic heterocycles. The molecule has 0 bridgehead atoms. The van der Waals surface area contributed by atoms with Crippen molar-refractivity contribution in [2.24, 2.45) is 0 Å². The molecule has 9 heteroatoms. The van der Waals surface area contributed by atoms with Gasteiger partial charge in [-0.05, 0) is 32.1 Å². The maximum absolute atomic E-state index is 12.3. The summed E-state index contributed by atoms with van der Waals surface area (Å²) in [6.45, 7) is 0.462. The van der Waals surface area contributed by atoms with Gasteiger partial charge in [-0.3, -0.25) is 9.59 Å². The summed E-state index contributed by atoms with van der Waals surface area (Å²) in [7, 11) is 0. The van der Waals surface area contributed by atoms with Crippen molar-refractivity contribution in [2.75, 3.05) is 12.4 Å². The summed E-state index contributed by atoms with van der Waals surface area (Å²) < 4.78 is 10.6. The molecule has 3 heterocycles. The number of unbranched alkanes of at least 4 members (excludes halogenated alkanes) is 5. The molecule has 1 aromatic heterocycles. The second kappa shape index (κ2) is 13.0. The number of fused-ring (bicyclic) bond motifs is 1. The lowest BCUT2D eigenvalue weighted by atomic mass is 10.0. The lowest BCUT2D eigenvalue weighted by Gasteiger charge is -2.16. The highest BCUT2D eigenvalue weighted by molar-refractivity contribution is 8.00. The summed E-state index contributed by atoms with van der Waals surface area (Å²) in [6, 6.07) is 2.15. The summed E-state index contributed by atoms with van der Waals surface area (Å²) >= 11 is 1.90. The first-order chi connectivity index (χ1) is 17.1. The van der Waals surface area contributed by atoms with Gasteiger partial charge in [0.05, 0.1) is 18.7 Å². The molecule has 0 saturated carbocycles. The van der Waals surface area contributed by atoms with E-state index in [-0.39, 0.29) is 29.9 Å². The molecule has 4 rings (SSSR count). The highest BCUT2D eigenvalue weighted by atomic mass is 32.2. The number of hydrogen-bond donors (Lipinski definition) is 2. The average molecular weight is 502 g/mol. The van der Waals surface area contributed by atoms with Crippen molar-refractivity contribution in [3.63, 3.8) is 0 Å². The van der Waals surface area contributed by atoms with Gasteiger partial charge < -0.3 is 19.9 Å². The average Bonchev–Trinajstić information content (AvgIpc) is 3.63. The number of rotatable bonds is 15. The van der Waals surface area contributed by atoms with Gasteiger partial charge in [0.2, 0.25) is 0 Å². The van der Waals surface area contributed by atoms with Crippen molar-refractivity contribution >= 4 is 35.1 Å². The Balaban J connectivity index is 0.961. The van der Waals surface area contributed by atoms with E-state index in [1.807, 2.05) is 30.0 Å². The third-order valence-corrected chi connectivity index (χ3v) is 8.23. The van der Waals surface area contributed by atoms with Crippen LogP contribution in [0.3, 0.4) is 0 Å². The minimum absolute atomic E-state index is 0.0208. The van der Waals surface area contributed by atoms with Gasteiger partial charge in [0.15, 0.2) is 11.5 Å². The Morgan fingerprint density at radius 2 is 1.91 bits per heavy atom. The molecular formula is C26H35N3O5S. The summed E-state index contributed by atoms with van der Waals surface area (Å²) in [4.78, 5) is 35.7. The number of thioether (sulfide) groups is 1. The second-order valence-corrected chi connectivity index (χ2v) is 10.7. The van der Waals surface area contributed by atoms with Crippen LogP contribution in [0, 0.1) is 0 Å². The second-order valence-electron chi connectivity index (χ2n) is 9.40. The van der Waals surface area contributed by atoms with Crippen molar-refractivity contribution in [2.45, 2.75) is 88.0 Å². The quantitative estimate of drug-likeness (QED) is 0.154. The lowest BCUT2D eigenvalue weighted by Crippen LogP contribution is -2.36. The Morgan fingerprint density at radius 1 is 1.09 bits per heavy atom. The van der Waals surface area contributed by atoms with Crippen LogP contribution in [0.4, 0.5) is 4.79 Å². The maximum Gasteiger partial charge on any atom is 0.315 e. The standard InChI is InChI=1S/C26H35N3O5S/c30-21(19-16-22(34-29-19)18-10-5-6-11-18)12-4-2-1-3-9-15-33-24(31)14-8-7-13-23-25-20(17-35-23)27-26(32)28-25/h5,10-11,16,20,23,25H,1-4,6-9,12-15,17H2,(H2,27,28,32). The molecule has 0 aromatic carbocycles. The van der Waals surface area contributed by atoms with E-state index in [0.717, 1.165) is 69.1 Å². The van der Waals surface area contributed by atoms with Crippen molar-refractivity contribution in [3.8, 4) is 0 Å². The highest BCUT2D eigenvalue weighted by Crippen LogP contribution is 2.33. The van der Waals surface area contributed by atoms with Crippen LogP contribution in [0.25, 0.3) is 5.57 Å². The van der Waals surface area contributed by atoms with Gasteiger partial charge in [-0.15, -0.1) is 0 Å². The first-order valence-electron chi connectivity index (χ1n) is 12.8. The van der Waals surface area contributed by atoms with E-state index in [1.54, 1.807) is 6.07 Å². The van der Waals surface area contributed by atoms with Crippen LogP contribution in [0.5, 0.6) is 0 Å². The largest absolute Gasteiger partial charge is 0.466 e. The van der Waals surface area contributed by atoms with E-state index < -0.39 is 0 Å². The molecule has 0 spiro atoms. The van der Waals surface area contributed by atoms with E-state index in [2.05, 4.69) is 15.8 Å². The minimum atomic E-state index is -0.126. The fourth-order valence-corrected chi connectivity index (χ4v) is 6.29. The molecule has 190 valence electrons. The Hall–Kier alpha value is -2.55. The number of nitrogens with zero attached hydrogens (tertiary/aromatic N) is 1. The normalized spacial score (nSPS) is 22.6. The number of ether oxygens (including phenoxy) is 1. The fraction of sp³-hybridized carbons (Fsp3) is 0.615. The number of ketones is 1. The number of esters is 1. The van der Waals surface area contributed by atoms with Crippen LogP contribution < -0.4 is 10.6 Å². The topological polar surface area (TPSA) is 111 Å². The van der Waals surface area contributed by atoms with Crippen molar-refractivity contribution in [3.05, 3.63) is 35.7 Å². The van der Waals surface area contributed by atoms with Crippen LogP contribution in [-0.2, 0) is 9.53 Å². The Morgan fingerprint density at radius 3 is 2.77 bits per heavy atom. The van der Waals surface area contributed by atoms with E-state index in [0.29, 0.717) is 36.2 Å². The molecule has 0 radical (unpaired) electrons. The lowest BCUT2D eigenvalue weighted by molar-refractivity contribution is -0.143. The molecule has 1 aromatic rings. The molecule has 2 saturated heterocycles. The Labute approximate surface area is 210 Å². The molecular weight excluding hydrogens is 466 g/mol. The highest BCUT2D eigenvalue weighted by Gasteiger charge is 2.42. The molecule has 8 nitrogen and oxygen atoms in total. The first kappa shape index (κ1) is 25.5. The predicted molar refractivity (Wildman–Crippen MR) is 135 cm³/mol. The molecule has 2 amide bonds. The Kier molecular flexibility index (Phi) is 9.45. The van der Waals surface area contributed by atoms with Crippen LogP contribution >= 0.6 is 11.8 Å². The third-order valence-electron chi connectivity index (χ3n) is 6.72. The van der Waals surface area contributed by atoms with E-state index in [9.17, 15) is 14.4 Å². The summed E-state index contributed by atoms with van der Waals surface area (Å²) in [5, 5.41) is 10.3. The molecule has 3 unspecified atom stereocenters. The number of allylic oxidation sites excluding steroid dienone is 4. The number of Topliss-reactive ketones (excluding diaryl/α,β-unsaturated/α-hetero) is 1.